The molecule has 0 aromatic heterocycles. The number of nitriles is 1. The number of ether oxygens (including phenoxy) is 1. The molecule has 6 heteroatoms. The van der Waals surface area contributed by atoms with E-state index in [1.807, 2.05) is 6.07 Å². The number of hydrogen-bond donors (Lipinski definition) is 1. The molecule has 106 valence electrons. The molecule has 1 aromatic rings. The fourth-order valence-corrected chi connectivity index (χ4v) is 1.41. The Bertz CT molecular complexity index is 521. The topological polar surface area (TPSA) is 82.4 Å². The summed E-state index contributed by atoms with van der Waals surface area (Å²) in [5.41, 5.74) is 0.378. The Kier molecular flexibility index (Phi) is 6.04. The summed E-state index contributed by atoms with van der Waals surface area (Å²) in [5, 5.41) is 11.4. The van der Waals surface area contributed by atoms with Gasteiger partial charge in [0.2, 0.25) is 5.91 Å². The predicted molar refractivity (Wildman–Crippen MR) is 73.0 cm³/mol. The predicted octanol–water partition coefficient (Wildman–Crippen LogP) is 0.532. The monoisotopic (exact) mass is 275 g/mol. The molecule has 6 nitrogen and oxygen atoms in total. The van der Waals surface area contributed by atoms with Crippen molar-refractivity contribution in [3.63, 3.8) is 0 Å². The lowest BCUT2D eigenvalue weighted by molar-refractivity contribution is -0.128. The van der Waals surface area contributed by atoms with Crippen LogP contribution in [0.4, 0.5) is 0 Å². The summed E-state index contributed by atoms with van der Waals surface area (Å²) in [6.45, 7) is 0.0773. The average molecular weight is 275 g/mol. The van der Waals surface area contributed by atoms with Crippen molar-refractivity contribution >= 4 is 11.8 Å². The van der Waals surface area contributed by atoms with E-state index in [2.05, 4.69) is 5.32 Å². The molecule has 0 aliphatic heterocycles. The molecule has 2 amide bonds. The van der Waals surface area contributed by atoms with Crippen LogP contribution in [0.1, 0.15) is 12.0 Å². The molecule has 0 heterocycles. The third kappa shape index (κ3) is 4.98. The molecule has 1 aromatic carbocycles. The van der Waals surface area contributed by atoms with Gasteiger partial charge in [-0.1, -0.05) is 12.1 Å². The number of carbonyl (C=O) groups is 2. The minimum atomic E-state index is -0.329. The van der Waals surface area contributed by atoms with Crippen molar-refractivity contribution in [1.82, 2.24) is 10.2 Å². The van der Waals surface area contributed by atoms with E-state index in [9.17, 15) is 9.59 Å². The fourth-order valence-electron chi connectivity index (χ4n) is 1.41. The summed E-state index contributed by atoms with van der Waals surface area (Å²) in [7, 11) is 3.32. The third-order valence-electron chi connectivity index (χ3n) is 2.53. The second-order valence-electron chi connectivity index (χ2n) is 4.28. The van der Waals surface area contributed by atoms with E-state index < -0.39 is 0 Å². The average Bonchev–Trinajstić information content (AvgIpc) is 2.45. The van der Waals surface area contributed by atoms with E-state index in [4.69, 9.17) is 10.00 Å². The normalized spacial score (nSPS) is 9.45. The summed E-state index contributed by atoms with van der Waals surface area (Å²) in [6, 6.07) is 8.67. The van der Waals surface area contributed by atoms with E-state index in [1.54, 1.807) is 38.4 Å². The molecule has 0 unspecified atom stereocenters. The Hall–Kier alpha value is -2.55. The molecule has 0 atom stereocenters. The van der Waals surface area contributed by atoms with Crippen LogP contribution in [-0.2, 0) is 9.59 Å². The molecule has 0 aliphatic rings. The number of para-hydroxylation sites is 1. The number of rotatable bonds is 6. The highest BCUT2D eigenvalue weighted by atomic mass is 16.5. The van der Waals surface area contributed by atoms with E-state index in [-0.39, 0.29) is 31.4 Å². The first-order valence-electron chi connectivity index (χ1n) is 6.13. The van der Waals surface area contributed by atoms with Gasteiger partial charge < -0.3 is 15.0 Å². The zero-order chi connectivity index (χ0) is 15.0. The van der Waals surface area contributed by atoms with Crippen molar-refractivity contribution in [2.24, 2.45) is 0 Å². The molecule has 0 aliphatic carbocycles. The Morgan fingerprint density at radius 2 is 2.05 bits per heavy atom. The molecule has 0 bridgehead atoms. The summed E-state index contributed by atoms with van der Waals surface area (Å²) in [5.74, 6) is -0.0140. The van der Waals surface area contributed by atoms with Crippen molar-refractivity contribution < 1.29 is 14.3 Å². The fraction of sp³-hybridized carbons (Fsp3) is 0.357. The van der Waals surface area contributed by atoms with Gasteiger partial charge in [0.05, 0.1) is 5.56 Å². The number of amides is 2. The van der Waals surface area contributed by atoms with Gasteiger partial charge in [0, 0.05) is 27.1 Å². The second kappa shape index (κ2) is 7.79. The van der Waals surface area contributed by atoms with E-state index in [0.29, 0.717) is 11.3 Å². The highest BCUT2D eigenvalue weighted by Crippen LogP contribution is 2.15. The Labute approximate surface area is 117 Å². The van der Waals surface area contributed by atoms with Crippen LogP contribution in [0.15, 0.2) is 24.3 Å². The first kappa shape index (κ1) is 15.5. The van der Waals surface area contributed by atoms with Crippen LogP contribution in [-0.4, -0.2) is 44.0 Å². The molecule has 1 rings (SSSR count). The van der Waals surface area contributed by atoms with Crippen LogP contribution in [0.5, 0.6) is 5.75 Å². The maximum atomic E-state index is 11.5. The van der Waals surface area contributed by atoms with Gasteiger partial charge in [-0.05, 0) is 12.1 Å². The molecular formula is C14H17N3O3. The quantitative estimate of drug-likeness (QED) is 0.821. The van der Waals surface area contributed by atoms with Gasteiger partial charge in [-0.2, -0.15) is 5.26 Å². The highest BCUT2D eigenvalue weighted by Gasteiger charge is 2.07. The van der Waals surface area contributed by atoms with Gasteiger partial charge in [0.1, 0.15) is 11.8 Å². The molecule has 0 fully saturated rings. The first-order chi connectivity index (χ1) is 9.54. The Morgan fingerprint density at radius 1 is 1.35 bits per heavy atom. The van der Waals surface area contributed by atoms with Gasteiger partial charge >= 0.3 is 0 Å². The molecular weight excluding hydrogens is 258 g/mol. The van der Waals surface area contributed by atoms with Crippen molar-refractivity contribution in [2.45, 2.75) is 6.42 Å². The molecule has 0 saturated heterocycles. The van der Waals surface area contributed by atoms with Gasteiger partial charge in [-0.3, -0.25) is 9.59 Å². The SMILES string of the molecule is CN(C)C(=O)CCNC(=O)COc1ccccc1C#N. The van der Waals surface area contributed by atoms with Crippen molar-refractivity contribution in [1.29, 1.82) is 5.26 Å². The van der Waals surface area contributed by atoms with E-state index in [1.165, 1.54) is 4.90 Å². The Balaban J connectivity index is 2.34. The zero-order valence-electron chi connectivity index (χ0n) is 11.5. The summed E-state index contributed by atoms with van der Waals surface area (Å²) < 4.78 is 5.26. The lowest BCUT2D eigenvalue weighted by Crippen LogP contribution is -2.33. The maximum absolute atomic E-state index is 11.5. The minimum Gasteiger partial charge on any atom is -0.482 e. The molecule has 0 spiro atoms. The molecule has 0 radical (unpaired) electrons. The standard InChI is InChI=1S/C14H17N3O3/c1-17(2)14(19)7-8-16-13(18)10-20-12-6-4-3-5-11(12)9-15/h3-6H,7-8,10H2,1-2H3,(H,16,18). The van der Waals surface area contributed by atoms with Gasteiger partial charge in [0.15, 0.2) is 6.61 Å². The maximum Gasteiger partial charge on any atom is 0.257 e. The number of hydrogen-bond acceptors (Lipinski definition) is 4. The number of benzene rings is 1. The Morgan fingerprint density at radius 3 is 2.70 bits per heavy atom. The van der Waals surface area contributed by atoms with Crippen molar-refractivity contribution in [2.75, 3.05) is 27.2 Å². The molecule has 1 N–H and O–H groups in total. The largest absolute Gasteiger partial charge is 0.482 e. The van der Waals surface area contributed by atoms with Crippen LogP contribution < -0.4 is 10.1 Å². The van der Waals surface area contributed by atoms with E-state index in [0.717, 1.165) is 0 Å². The van der Waals surface area contributed by atoms with E-state index >= 15 is 0 Å². The number of nitrogens with one attached hydrogen (secondary N) is 1. The van der Waals surface area contributed by atoms with Gasteiger partial charge in [-0.15, -0.1) is 0 Å². The number of carbonyl (C=O) groups excluding carboxylic acids is 2. The smallest absolute Gasteiger partial charge is 0.257 e. The number of nitrogens with zero attached hydrogens (tertiary/aromatic N) is 2. The van der Waals surface area contributed by atoms with Crippen LogP contribution >= 0.6 is 0 Å². The minimum absolute atomic E-state index is 0.0546. The first-order valence-corrected chi connectivity index (χ1v) is 6.13. The zero-order valence-corrected chi connectivity index (χ0v) is 11.5. The van der Waals surface area contributed by atoms with Crippen LogP contribution in [0.25, 0.3) is 0 Å². The van der Waals surface area contributed by atoms with Crippen LogP contribution in [0.3, 0.4) is 0 Å². The second-order valence-corrected chi connectivity index (χ2v) is 4.28. The summed E-state index contributed by atoms with van der Waals surface area (Å²) >= 11 is 0. The van der Waals surface area contributed by atoms with Crippen LogP contribution in [0, 0.1) is 11.3 Å². The molecule has 20 heavy (non-hydrogen) atoms. The van der Waals surface area contributed by atoms with Crippen molar-refractivity contribution in [3.8, 4) is 11.8 Å². The van der Waals surface area contributed by atoms with Gasteiger partial charge in [-0.25, -0.2) is 0 Å². The lowest BCUT2D eigenvalue weighted by atomic mass is 10.2. The summed E-state index contributed by atoms with van der Waals surface area (Å²) in [6.07, 6.45) is 0.244. The third-order valence-corrected chi connectivity index (χ3v) is 2.53. The molecule has 0 saturated carbocycles. The lowest BCUT2D eigenvalue weighted by Gasteiger charge is -2.11. The van der Waals surface area contributed by atoms with Crippen molar-refractivity contribution in [3.05, 3.63) is 29.8 Å². The van der Waals surface area contributed by atoms with Crippen LogP contribution in [0.2, 0.25) is 0 Å². The highest BCUT2D eigenvalue weighted by molar-refractivity contribution is 5.79. The summed E-state index contributed by atoms with van der Waals surface area (Å²) in [4.78, 5) is 24.3. The van der Waals surface area contributed by atoms with Gasteiger partial charge in [0.25, 0.3) is 5.91 Å².